The van der Waals surface area contributed by atoms with Gasteiger partial charge >= 0.3 is 0 Å². The summed E-state index contributed by atoms with van der Waals surface area (Å²) in [6, 6.07) is 8.09. The Morgan fingerprint density at radius 2 is 2.11 bits per heavy atom. The fourth-order valence-electron chi connectivity index (χ4n) is 1.47. The number of hydrogen-bond donors (Lipinski definition) is 1. The highest BCUT2D eigenvalue weighted by Crippen LogP contribution is 2.20. The van der Waals surface area contributed by atoms with E-state index in [9.17, 15) is 9.18 Å². The average Bonchev–Trinajstić information content (AvgIpc) is 2.33. The van der Waals surface area contributed by atoms with Crippen molar-refractivity contribution in [3.63, 3.8) is 0 Å². The Morgan fingerprint density at radius 3 is 2.72 bits per heavy atom. The van der Waals surface area contributed by atoms with Gasteiger partial charge in [-0.2, -0.15) is 4.39 Å². The molecule has 1 aromatic heterocycles. The van der Waals surface area contributed by atoms with Crippen molar-refractivity contribution < 1.29 is 9.18 Å². The number of amides is 1. The molecule has 1 aromatic carbocycles. The first-order chi connectivity index (χ1) is 8.56. The minimum atomic E-state index is -0.605. The maximum atomic E-state index is 12.6. The van der Waals surface area contributed by atoms with Gasteiger partial charge in [0.25, 0.3) is 5.91 Å². The molecule has 1 heterocycles. The first-order valence-corrected chi connectivity index (χ1v) is 6.04. The van der Waals surface area contributed by atoms with Gasteiger partial charge in [0.15, 0.2) is 0 Å². The van der Waals surface area contributed by atoms with Crippen LogP contribution in [-0.2, 0) is 0 Å². The molecule has 5 heteroatoms. The number of aromatic nitrogens is 1. The highest BCUT2D eigenvalue weighted by atomic mass is 79.9. The van der Waals surface area contributed by atoms with Crippen LogP contribution in [0, 0.1) is 12.9 Å². The number of nitrogens with zero attached hydrogens (tertiary/aromatic N) is 1. The quantitative estimate of drug-likeness (QED) is 0.862. The lowest BCUT2D eigenvalue weighted by Crippen LogP contribution is -2.13. The maximum absolute atomic E-state index is 12.6. The molecule has 0 saturated carbocycles. The maximum Gasteiger partial charge on any atom is 0.257 e. The zero-order valence-electron chi connectivity index (χ0n) is 9.58. The molecule has 2 rings (SSSR count). The molecular weight excluding hydrogens is 299 g/mol. The molecule has 0 aliphatic carbocycles. The van der Waals surface area contributed by atoms with Crippen LogP contribution in [0.15, 0.2) is 41.0 Å². The molecule has 0 atom stereocenters. The molecule has 0 saturated heterocycles. The molecule has 0 unspecified atom stereocenters. The first kappa shape index (κ1) is 12.7. The smallest absolute Gasteiger partial charge is 0.257 e. The van der Waals surface area contributed by atoms with Crippen LogP contribution in [0.3, 0.4) is 0 Å². The number of halogens is 2. The van der Waals surface area contributed by atoms with E-state index < -0.39 is 5.95 Å². The van der Waals surface area contributed by atoms with Crippen LogP contribution < -0.4 is 5.32 Å². The number of rotatable bonds is 2. The van der Waals surface area contributed by atoms with Gasteiger partial charge in [-0.15, -0.1) is 0 Å². The van der Waals surface area contributed by atoms with Gasteiger partial charge in [0, 0.05) is 16.4 Å². The normalized spacial score (nSPS) is 10.2. The summed E-state index contributed by atoms with van der Waals surface area (Å²) in [5.41, 5.74) is 1.97. The summed E-state index contributed by atoms with van der Waals surface area (Å²) in [5, 5.41) is 2.75. The van der Waals surface area contributed by atoms with Crippen molar-refractivity contribution in [1.29, 1.82) is 0 Å². The Hall–Kier alpha value is -1.75. The number of carbonyl (C=O) groups excluding carboxylic acids is 1. The van der Waals surface area contributed by atoms with Crippen LogP contribution in [0.1, 0.15) is 15.9 Å². The monoisotopic (exact) mass is 308 g/mol. The van der Waals surface area contributed by atoms with Gasteiger partial charge in [-0.1, -0.05) is 15.9 Å². The van der Waals surface area contributed by atoms with Crippen molar-refractivity contribution in [3.05, 3.63) is 58.1 Å². The number of hydrogen-bond acceptors (Lipinski definition) is 2. The zero-order chi connectivity index (χ0) is 13.1. The van der Waals surface area contributed by atoms with Gasteiger partial charge in [0.1, 0.15) is 0 Å². The molecule has 0 spiro atoms. The Balaban J connectivity index is 2.18. The Labute approximate surface area is 112 Å². The van der Waals surface area contributed by atoms with Gasteiger partial charge in [0.2, 0.25) is 5.95 Å². The Morgan fingerprint density at radius 1 is 1.33 bits per heavy atom. The number of aryl methyl sites for hydroxylation is 1. The van der Waals surface area contributed by atoms with Crippen LogP contribution in [0.25, 0.3) is 0 Å². The summed E-state index contributed by atoms with van der Waals surface area (Å²) in [6.07, 6.45) is 1.21. The van der Waals surface area contributed by atoms with Gasteiger partial charge in [-0.25, -0.2) is 4.98 Å². The number of benzene rings is 1. The van der Waals surface area contributed by atoms with Crippen LogP contribution >= 0.6 is 15.9 Å². The minimum absolute atomic E-state index is 0.312. The number of nitrogens with one attached hydrogen (secondary N) is 1. The van der Waals surface area contributed by atoms with Crippen LogP contribution in [0.5, 0.6) is 0 Å². The Bertz CT molecular complexity index is 584. The van der Waals surface area contributed by atoms with E-state index in [0.29, 0.717) is 11.3 Å². The molecule has 18 heavy (non-hydrogen) atoms. The predicted molar refractivity (Wildman–Crippen MR) is 71.0 cm³/mol. The van der Waals surface area contributed by atoms with E-state index in [-0.39, 0.29) is 5.91 Å². The van der Waals surface area contributed by atoms with Crippen LogP contribution in [0.2, 0.25) is 0 Å². The van der Waals surface area contributed by atoms with Crippen molar-refractivity contribution in [2.24, 2.45) is 0 Å². The SMILES string of the molecule is Cc1cc(Br)ccc1NC(=O)c1ccc(F)nc1. The number of carbonyl (C=O) groups is 1. The van der Waals surface area contributed by atoms with Gasteiger partial charge in [0.05, 0.1) is 5.56 Å². The molecule has 1 amide bonds. The third-order valence-electron chi connectivity index (χ3n) is 2.43. The minimum Gasteiger partial charge on any atom is -0.322 e. The van der Waals surface area contributed by atoms with E-state index in [1.165, 1.54) is 12.3 Å². The fraction of sp³-hybridized carbons (Fsp3) is 0.0769. The number of pyridine rings is 1. The number of anilines is 1. The van der Waals surface area contributed by atoms with Gasteiger partial charge < -0.3 is 5.32 Å². The molecule has 0 aliphatic heterocycles. The molecule has 92 valence electrons. The van der Waals surface area contributed by atoms with Crippen molar-refractivity contribution in [1.82, 2.24) is 4.98 Å². The van der Waals surface area contributed by atoms with Crippen molar-refractivity contribution in [2.75, 3.05) is 5.32 Å². The highest BCUT2D eigenvalue weighted by molar-refractivity contribution is 9.10. The average molecular weight is 309 g/mol. The summed E-state index contributed by atoms with van der Waals surface area (Å²) in [5.74, 6) is -0.917. The standard InChI is InChI=1S/C13H10BrFN2O/c1-8-6-10(14)3-4-11(8)17-13(18)9-2-5-12(15)16-7-9/h2-7H,1H3,(H,17,18). The molecular formula is C13H10BrFN2O. The van der Waals surface area contributed by atoms with E-state index in [4.69, 9.17) is 0 Å². The lowest BCUT2D eigenvalue weighted by molar-refractivity contribution is 0.102. The third-order valence-corrected chi connectivity index (χ3v) is 2.92. The lowest BCUT2D eigenvalue weighted by Gasteiger charge is -2.08. The molecule has 2 aromatic rings. The second-order valence-electron chi connectivity index (χ2n) is 3.78. The molecule has 0 bridgehead atoms. The summed E-state index contributed by atoms with van der Waals surface area (Å²) >= 11 is 3.35. The molecule has 1 N–H and O–H groups in total. The molecule has 3 nitrogen and oxygen atoms in total. The van der Waals surface area contributed by atoms with E-state index in [0.717, 1.165) is 16.1 Å². The highest BCUT2D eigenvalue weighted by Gasteiger charge is 2.08. The van der Waals surface area contributed by atoms with E-state index in [2.05, 4.69) is 26.2 Å². The largest absolute Gasteiger partial charge is 0.322 e. The fourth-order valence-corrected chi connectivity index (χ4v) is 1.95. The predicted octanol–water partition coefficient (Wildman–Crippen LogP) is 3.54. The second kappa shape index (κ2) is 5.27. The van der Waals surface area contributed by atoms with Gasteiger partial charge in [-0.05, 0) is 42.8 Å². The summed E-state index contributed by atoms with van der Waals surface area (Å²) < 4.78 is 13.6. The van der Waals surface area contributed by atoms with Crippen LogP contribution in [0.4, 0.5) is 10.1 Å². The van der Waals surface area contributed by atoms with E-state index >= 15 is 0 Å². The van der Waals surface area contributed by atoms with E-state index in [1.54, 1.807) is 6.07 Å². The molecule has 0 aliphatic rings. The summed E-state index contributed by atoms with van der Waals surface area (Å²) in [7, 11) is 0. The summed E-state index contributed by atoms with van der Waals surface area (Å²) in [4.78, 5) is 15.3. The summed E-state index contributed by atoms with van der Waals surface area (Å²) in [6.45, 7) is 1.89. The topological polar surface area (TPSA) is 42.0 Å². The Kier molecular flexibility index (Phi) is 3.72. The lowest BCUT2D eigenvalue weighted by atomic mass is 10.2. The van der Waals surface area contributed by atoms with Crippen molar-refractivity contribution in [3.8, 4) is 0 Å². The molecule has 0 radical (unpaired) electrons. The second-order valence-corrected chi connectivity index (χ2v) is 4.70. The van der Waals surface area contributed by atoms with Crippen molar-refractivity contribution >= 4 is 27.5 Å². The van der Waals surface area contributed by atoms with Crippen molar-refractivity contribution in [2.45, 2.75) is 6.92 Å². The zero-order valence-corrected chi connectivity index (χ0v) is 11.2. The van der Waals surface area contributed by atoms with Gasteiger partial charge in [-0.3, -0.25) is 4.79 Å². The van der Waals surface area contributed by atoms with E-state index in [1.807, 2.05) is 19.1 Å². The first-order valence-electron chi connectivity index (χ1n) is 5.25. The molecule has 0 fully saturated rings. The third kappa shape index (κ3) is 2.92. The van der Waals surface area contributed by atoms with Crippen LogP contribution in [-0.4, -0.2) is 10.9 Å².